The molecule has 1 atom stereocenters. The van der Waals surface area contributed by atoms with Gasteiger partial charge in [-0.05, 0) is 29.8 Å². The maximum atomic E-state index is 12.9. The quantitative estimate of drug-likeness (QED) is 0.436. The maximum Gasteiger partial charge on any atom is 0.295 e. The molecule has 0 bridgehead atoms. The zero-order valence-corrected chi connectivity index (χ0v) is 16.2. The number of likely N-dealkylation sites (tertiary alicyclic amines) is 1. The number of pyridine rings is 1. The number of aliphatic hydroxyl groups is 1. The number of Topliss-reactive ketones (excluding diaryl/α,β-unsaturated/α-hetero) is 1. The van der Waals surface area contributed by atoms with Crippen molar-refractivity contribution in [1.82, 2.24) is 9.88 Å². The summed E-state index contributed by atoms with van der Waals surface area (Å²) in [5.41, 5.74) is 1.24. The normalized spacial score (nSPS) is 18.7. The Morgan fingerprint density at radius 1 is 1.21 bits per heavy atom. The molecule has 28 heavy (non-hydrogen) atoms. The van der Waals surface area contributed by atoms with Crippen LogP contribution in [0.3, 0.4) is 0 Å². The lowest BCUT2D eigenvalue weighted by atomic mass is 9.96. The van der Waals surface area contributed by atoms with Gasteiger partial charge in [-0.2, -0.15) is 0 Å². The molecular weight excluding hydrogens is 358 g/mol. The molecule has 2 heterocycles. The fraction of sp³-hybridized carbons (Fsp3) is 0.286. The highest BCUT2D eigenvalue weighted by atomic mass is 16.5. The summed E-state index contributed by atoms with van der Waals surface area (Å²) in [7, 11) is 5.49. The van der Waals surface area contributed by atoms with Crippen molar-refractivity contribution in [3.05, 3.63) is 65.5 Å². The highest BCUT2D eigenvalue weighted by Gasteiger charge is 2.46. The summed E-state index contributed by atoms with van der Waals surface area (Å²) in [6.45, 7) is 1.07. The van der Waals surface area contributed by atoms with Gasteiger partial charge >= 0.3 is 0 Å². The van der Waals surface area contributed by atoms with Gasteiger partial charge in [0.15, 0.2) is 0 Å². The van der Waals surface area contributed by atoms with E-state index in [9.17, 15) is 14.7 Å². The van der Waals surface area contributed by atoms with Crippen LogP contribution in [-0.2, 0) is 9.59 Å². The average Bonchev–Trinajstić information content (AvgIpc) is 2.97. The fourth-order valence-corrected chi connectivity index (χ4v) is 3.27. The first-order chi connectivity index (χ1) is 13.4. The van der Waals surface area contributed by atoms with Gasteiger partial charge in [0.2, 0.25) is 0 Å². The van der Waals surface area contributed by atoms with Crippen molar-refractivity contribution in [3.8, 4) is 5.75 Å². The molecule has 1 aromatic carbocycles. The topological polar surface area (TPSA) is 84.2 Å². The van der Waals surface area contributed by atoms with E-state index in [1.165, 1.54) is 12.0 Å². The summed E-state index contributed by atoms with van der Waals surface area (Å²) in [4.78, 5) is 32.3. The molecule has 2 aromatic rings. The van der Waals surface area contributed by atoms with Crippen LogP contribution in [0.5, 0.6) is 5.75 Å². The van der Waals surface area contributed by atoms with Gasteiger partial charge in [0, 0.05) is 18.0 Å². The number of amides is 1. The Morgan fingerprint density at radius 2 is 1.93 bits per heavy atom. The first-order valence-electron chi connectivity index (χ1n) is 9.05. The van der Waals surface area contributed by atoms with Crippen molar-refractivity contribution < 1.29 is 24.3 Å². The number of carbonyl (C=O) groups excluding carboxylic acids is 2. The van der Waals surface area contributed by atoms with Crippen LogP contribution in [0.25, 0.3) is 5.76 Å². The molecular formula is C21H24N3O4+. The smallest absolute Gasteiger partial charge is 0.295 e. The first-order valence-corrected chi connectivity index (χ1v) is 9.05. The summed E-state index contributed by atoms with van der Waals surface area (Å²) in [6, 6.07) is 9.63. The molecule has 0 radical (unpaired) electrons. The number of quaternary nitrogens is 1. The minimum Gasteiger partial charge on any atom is -0.507 e. The number of ketones is 1. The van der Waals surface area contributed by atoms with E-state index < -0.39 is 17.7 Å². The van der Waals surface area contributed by atoms with Crippen LogP contribution in [0.2, 0.25) is 0 Å². The number of methoxy groups -OCH3 is 1. The highest BCUT2D eigenvalue weighted by Crippen LogP contribution is 2.39. The van der Waals surface area contributed by atoms with Gasteiger partial charge < -0.3 is 19.6 Å². The van der Waals surface area contributed by atoms with E-state index in [4.69, 9.17) is 4.74 Å². The summed E-state index contributed by atoms with van der Waals surface area (Å²) in [5, 5.41) is 11.0. The van der Waals surface area contributed by atoms with Crippen LogP contribution in [0.1, 0.15) is 17.2 Å². The summed E-state index contributed by atoms with van der Waals surface area (Å²) in [6.07, 6.45) is 3.22. The number of ether oxygens (including phenoxy) is 1. The number of carbonyl (C=O) groups is 2. The van der Waals surface area contributed by atoms with Crippen molar-refractivity contribution in [1.29, 1.82) is 0 Å². The van der Waals surface area contributed by atoms with E-state index >= 15 is 0 Å². The third-order valence-electron chi connectivity index (χ3n) is 4.76. The highest BCUT2D eigenvalue weighted by molar-refractivity contribution is 6.46. The average molecular weight is 382 g/mol. The van der Waals surface area contributed by atoms with Crippen molar-refractivity contribution >= 4 is 17.4 Å². The molecule has 7 heteroatoms. The number of hydrogen-bond acceptors (Lipinski definition) is 5. The van der Waals surface area contributed by atoms with Crippen LogP contribution < -0.4 is 9.64 Å². The van der Waals surface area contributed by atoms with Crippen LogP contribution in [0.4, 0.5) is 0 Å². The van der Waals surface area contributed by atoms with Crippen molar-refractivity contribution in [2.45, 2.75) is 6.04 Å². The van der Waals surface area contributed by atoms with Crippen LogP contribution in [0.15, 0.2) is 54.4 Å². The second kappa shape index (κ2) is 8.22. The third-order valence-corrected chi connectivity index (χ3v) is 4.76. The van der Waals surface area contributed by atoms with E-state index in [-0.39, 0.29) is 11.3 Å². The van der Waals surface area contributed by atoms with Gasteiger partial charge in [0.25, 0.3) is 11.7 Å². The summed E-state index contributed by atoms with van der Waals surface area (Å²) < 4.78 is 5.21. The number of nitrogens with zero attached hydrogens (tertiary/aromatic N) is 2. The van der Waals surface area contributed by atoms with Crippen LogP contribution >= 0.6 is 0 Å². The molecule has 0 aliphatic carbocycles. The standard InChI is InChI=1S/C21H23N3O4/c1-23(2)11-12-24-18(14-7-9-22-10-8-14)17(20(26)21(24)27)19(25)15-5-4-6-16(13-15)28-3/h4-10,13,18,25H,11-12H2,1-3H3/p+1/t18-/m1/s1. The molecule has 3 rings (SSSR count). The minimum absolute atomic E-state index is 0.0817. The number of aromatic nitrogens is 1. The van der Waals surface area contributed by atoms with Gasteiger partial charge in [-0.1, -0.05) is 12.1 Å². The van der Waals surface area contributed by atoms with E-state index in [0.29, 0.717) is 24.4 Å². The van der Waals surface area contributed by atoms with Gasteiger partial charge in [0.1, 0.15) is 11.5 Å². The Hall–Kier alpha value is -3.19. The lowest BCUT2D eigenvalue weighted by Gasteiger charge is -2.25. The maximum absolute atomic E-state index is 12.9. The Bertz CT molecular complexity index is 909. The number of benzene rings is 1. The number of likely N-dealkylation sites (N-methyl/N-ethyl adjacent to an activating group) is 1. The Balaban J connectivity index is 2.13. The molecule has 2 N–H and O–H groups in total. The van der Waals surface area contributed by atoms with Gasteiger partial charge in [-0.15, -0.1) is 0 Å². The lowest BCUT2D eigenvalue weighted by molar-refractivity contribution is -0.857. The van der Waals surface area contributed by atoms with Crippen molar-refractivity contribution in [2.24, 2.45) is 0 Å². The van der Waals surface area contributed by atoms with Crippen LogP contribution in [-0.4, -0.2) is 61.0 Å². The molecule has 7 nitrogen and oxygen atoms in total. The van der Waals surface area contributed by atoms with Crippen LogP contribution in [0, 0.1) is 0 Å². The molecule has 1 saturated heterocycles. The first kappa shape index (κ1) is 19.6. The molecule has 0 saturated carbocycles. The number of aliphatic hydroxyl groups excluding tert-OH is 1. The molecule has 146 valence electrons. The molecule has 0 spiro atoms. The second-order valence-corrected chi connectivity index (χ2v) is 6.96. The molecule has 1 amide bonds. The molecule has 1 fully saturated rings. The fourth-order valence-electron chi connectivity index (χ4n) is 3.27. The molecule has 1 aliphatic heterocycles. The van der Waals surface area contributed by atoms with Gasteiger partial charge in [-0.25, -0.2) is 0 Å². The number of hydrogen-bond donors (Lipinski definition) is 2. The van der Waals surface area contributed by atoms with Crippen molar-refractivity contribution in [2.75, 3.05) is 34.3 Å². The molecule has 0 unspecified atom stereocenters. The second-order valence-electron chi connectivity index (χ2n) is 6.96. The predicted molar refractivity (Wildman–Crippen MR) is 104 cm³/mol. The monoisotopic (exact) mass is 382 g/mol. The lowest BCUT2D eigenvalue weighted by Crippen LogP contribution is -3.06. The molecule has 1 aromatic heterocycles. The zero-order chi connectivity index (χ0) is 20.3. The summed E-state index contributed by atoms with van der Waals surface area (Å²) >= 11 is 0. The Morgan fingerprint density at radius 3 is 2.57 bits per heavy atom. The number of nitrogens with one attached hydrogen (secondary N) is 1. The van der Waals surface area contributed by atoms with E-state index in [0.717, 1.165) is 10.5 Å². The van der Waals surface area contributed by atoms with E-state index in [1.807, 2.05) is 14.1 Å². The van der Waals surface area contributed by atoms with E-state index in [1.54, 1.807) is 48.8 Å². The minimum atomic E-state index is -0.684. The van der Waals surface area contributed by atoms with E-state index in [2.05, 4.69) is 4.98 Å². The van der Waals surface area contributed by atoms with Gasteiger partial charge in [0.05, 0.1) is 45.9 Å². The predicted octanol–water partition coefficient (Wildman–Crippen LogP) is 0.656. The van der Waals surface area contributed by atoms with Crippen molar-refractivity contribution in [3.63, 3.8) is 0 Å². The Labute approximate surface area is 163 Å². The zero-order valence-electron chi connectivity index (χ0n) is 16.2. The number of rotatable bonds is 6. The largest absolute Gasteiger partial charge is 0.507 e. The third kappa shape index (κ3) is 3.75. The molecule has 1 aliphatic rings. The summed E-state index contributed by atoms with van der Waals surface area (Å²) in [5.74, 6) is -0.947. The SMILES string of the molecule is COc1cccc(C(O)=C2C(=O)C(=O)N(CC[NH+](C)C)[C@@H]2c2ccncc2)c1. The Kier molecular flexibility index (Phi) is 5.75. The van der Waals surface area contributed by atoms with Gasteiger partial charge in [-0.3, -0.25) is 14.6 Å².